The largest absolute Gasteiger partial charge is 0.336 e. The van der Waals surface area contributed by atoms with E-state index in [9.17, 15) is 9.18 Å². The molecule has 1 aliphatic carbocycles. The van der Waals surface area contributed by atoms with Crippen molar-refractivity contribution in [3.05, 3.63) is 35.1 Å². The molecule has 0 aliphatic heterocycles. The molecular formula is C16H23FN2O. The number of carbonyl (C=O) groups is 1. The van der Waals surface area contributed by atoms with Gasteiger partial charge in [-0.15, -0.1) is 0 Å². The van der Waals surface area contributed by atoms with Crippen LogP contribution in [0.5, 0.6) is 0 Å². The number of aryl methyl sites for hydroxylation is 1. The second-order valence-electron chi connectivity index (χ2n) is 5.52. The van der Waals surface area contributed by atoms with Gasteiger partial charge in [-0.1, -0.05) is 18.6 Å². The highest BCUT2D eigenvalue weighted by molar-refractivity contribution is 5.95. The summed E-state index contributed by atoms with van der Waals surface area (Å²) in [4.78, 5) is 14.4. The average Bonchev–Trinajstić information content (AvgIpc) is 2.91. The van der Waals surface area contributed by atoms with E-state index in [0.29, 0.717) is 24.6 Å². The van der Waals surface area contributed by atoms with Gasteiger partial charge in [-0.2, -0.15) is 0 Å². The van der Waals surface area contributed by atoms with Crippen molar-refractivity contribution in [3.63, 3.8) is 0 Å². The quantitative estimate of drug-likeness (QED) is 0.920. The Bertz CT molecular complexity index is 489. The Balaban J connectivity index is 2.27. The first-order valence-electron chi connectivity index (χ1n) is 7.36. The molecule has 0 saturated heterocycles. The van der Waals surface area contributed by atoms with Crippen molar-refractivity contribution in [2.45, 2.75) is 39.2 Å². The molecule has 1 amide bonds. The van der Waals surface area contributed by atoms with Crippen LogP contribution in [-0.4, -0.2) is 29.9 Å². The van der Waals surface area contributed by atoms with Gasteiger partial charge in [0.05, 0.1) is 5.56 Å². The van der Waals surface area contributed by atoms with Crippen LogP contribution in [0.3, 0.4) is 0 Å². The van der Waals surface area contributed by atoms with Crippen LogP contribution in [0.4, 0.5) is 4.39 Å². The molecule has 3 nitrogen and oxygen atoms in total. The minimum atomic E-state index is -0.404. The fourth-order valence-corrected chi connectivity index (χ4v) is 3.20. The Hall–Kier alpha value is -1.42. The molecule has 2 unspecified atom stereocenters. The van der Waals surface area contributed by atoms with E-state index in [4.69, 9.17) is 5.73 Å². The second-order valence-corrected chi connectivity index (χ2v) is 5.52. The zero-order valence-electron chi connectivity index (χ0n) is 12.2. The van der Waals surface area contributed by atoms with Gasteiger partial charge in [-0.3, -0.25) is 4.79 Å². The topological polar surface area (TPSA) is 46.3 Å². The monoisotopic (exact) mass is 278 g/mol. The summed E-state index contributed by atoms with van der Waals surface area (Å²) >= 11 is 0. The van der Waals surface area contributed by atoms with Crippen LogP contribution in [-0.2, 0) is 0 Å². The smallest absolute Gasteiger partial charge is 0.257 e. The number of nitrogens with two attached hydrogens (primary N) is 1. The van der Waals surface area contributed by atoms with Crippen molar-refractivity contribution < 1.29 is 9.18 Å². The summed E-state index contributed by atoms with van der Waals surface area (Å²) in [6.45, 7) is 4.80. The number of hydrogen-bond donors (Lipinski definition) is 1. The van der Waals surface area contributed by atoms with Gasteiger partial charge in [0.1, 0.15) is 5.82 Å². The van der Waals surface area contributed by atoms with Gasteiger partial charge in [-0.05, 0) is 50.8 Å². The molecule has 1 saturated carbocycles. The highest BCUT2D eigenvalue weighted by atomic mass is 19.1. The lowest BCUT2D eigenvalue weighted by atomic mass is 10.0. The van der Waals surface area contributed by atoms with E-state index in [0.717, 1.165) is 19.3 Å². The Labute approximate surface area is 120 Å². The summed E-state index contributed by atoms with van der Waals surface area (Å²) < 4.78 is 14.1. The molecular weight excluding hydrogens is 255 g/mol. The Morgan fingerprint density at radius 3 is 2.85 bits per heavy atom. The molecule has 0 aromatic heterocycles. The number of rotatable bonds is 4. The molecule has 0 bridgehead atoms. The molecule has 20 heavy (non-hydrogen) atoms. The van der Waals surface area contributed by atoms with Crippen LogP contribution >= 0.6 is 0 Å². The van der Waals surface area contributed by atoms with Gasteiger partial charge < -0.3 is 10.6 Å². The van der Waals surface area contributed by atoms with Crippen LogP contribution in [0, 0.1) is 18.7 Å². The molecule has 1 fully saturated rings. The standard InChI is InChI=1S/C16H23FN2O/c1-3-19(14-9-5-7-12(14)10-18)16(20)13-8-4-6-11(2)15(13)17/h4,6,8,12,14H,3,5,7,9-10,18H2,1-2H3. The van der Waals surface area contributed by atoms with E-state index in [1.807, 2.05) is 6.92 Å². The van der Waals surface area contributed by atoms with E-state index >= 15 is 0 Å². The summed E-state index contributed by atoms with van der Waals surface area (Å²) in [6.07, 6.45) is 3.11. The van der Waals surface area contributed by atoms with Crippen molar-refractivity contribution in [3.8, 4) is 0 Å². The van der Waals surface area contributed by atoms with Crippen LogP contribution in [0.25, 0.3) is 0 Å². The normalized spacial score (nSPS) is 22.0. The van der Waals surface area contributed by atoms with E-state index in [1.165, 1.54) is 0 Å². The summed E-state index contributed by atoms with van der Waals surface area (Å²) in [5, 5.41) is 0. The number of benzene rings is 1. The lowest BCUT2D eigenvalue weighted by molar-refractivity contribution is 0.0647. The first kappa shape index (κ1) is 15.0. The first-order valence-corrected chi connectivity index (χ1v) is 7.36. The fourth-order valence-electron chi connectivity index (χ4n) is 3.20. The summed E-state index contributed by atoms with van der Waals surface area (Å²) in [7, 11) is 0. The SMILES string of the molecule is CCN(C(=O)c1cccc(C)c1F)C1CCCC1CN. The number of carbonyl (C=O) groups excluding carboxylic acids is 1. The average molecular weight is 278 g/mol. The number of nitrogens with zero attached hydrogens (tertiary/aromatic N) is 1. The summed E-state index contributed by atoms with van der Waals surface area (Å²) in [6, 6.07) is 5.13. The minimum absolute atomic E-state index is 0.150. The predicted octanol–water partition coefficient (Wildman–Crippen LogP) is 2.72. The van der Waals surface area contributed by atoms with E-state index in [1.54, 1.807) is 30.0 Å². The number of halogens is 1. The molecule has 0 radical (unpaired) electrons. The molecule has 0 heterocycles. The molecule has 1 aromatic carbocycles. The maximum Gasteiger partial charge on any atom is 0.257 e. The van der Waals surface area contributed by atoms with Crippen molar-refractivity contribution in [1.29, 1.82) is 0 Å². The maximum absolute atomic E-state index is 14.1. The molecule has 0 spiro atoms. The lowest BCUT2D eigenvalue weighted by Crippen LogP contribution is -2.44. The fraction of sp³-hybridized carbons (Fsp3) is 0.562. The first-order chi connectivity index (χ1) is 9.60. The number of amides is 1. The summed E-state index contributed by atoms with van der Waals surface area (Å²) in [5.74, 6) is -0.274. The van der Waals surface area contributed by atoms with Gasteiger partial charge >= 0.3 is 0 Å². The molecule has 2 rings (SSSR count). The van der Waals surface area contributed by atoms with Gasteiger partial charge in [0, 0.05) is 12.6 Å². The van der Waals surface area contributed by atoms with Gasteiger partial charge in [0.15, 0.2) is 0 Å². The van der Waals surface area contributed by atoms with Crippen molar-refractivity contribution in [1.82, 2.24) is 4.90 Å². The second kappa shape index (κ2) is 6.35. The van der Waals surface area contributed by atoms with Gasteiger partial charge in [0.25, 0.3) is 5.91 Å². The third kappa shape index (κ3) is 2.70. The zero-order valence-corrected chi connectivity index (χ0v) is 12.2. The maximum atomic E-state index is 14.1. The number of hydrogen-bond acceptors (Lipinski definition) is 2. The van der Waals surface area contributed by atoms with Crippen LogP contribution in [0.15, 0.2) is 18.2 Å². The highest BCUT2D eigenvalue weighted by Crippen LogP contribution is 2.30. The third-order valence-electron chi connectivity index (χ3n) is 4.35. The van der Waals surface area contributed by atoms with Crippen molar-refractivity contribution >= 4 is 5.91 Å². The molecule has 2 N–H and O–H groups in total. The predicted molar refractivity (Wildman–Crippen MR) is 78.0 cm³/mol. The van der Waals surface area contributed by atoms with Gasteiger partial charge in [0.2, 0.25) is 0 Å². The minimum Gasteiger partial charge on any atom is -0.336 e. The van der Waals surface area contributed by atoms with Crippen LogP contribution < -0.4 is 5.73 Å². The molecule has 110 valence electrons. The van der Waals surface area contributed by atoms with Gasteiger partial charge in [-0.25, -0.2) is 4.39 Å². The summed E-state index contributed by atoms with van der Waals surface area (Å²) in [5.41, 5.74) is 6.48. The zero-order chi connectivity index (χ0) is 14.7. The Morgan fingerprint density at radius 2 is 2.20 bits per heavy atom. The lowest BCUT2D eigenvalue weighted by Gasteiger charge is -2.32. The molecule has 1 aliphatic rings. The molecule has 4 heteroatoms. The van der Waals surface area contributed by atoms with E-state index in [-0.39, 0.29) is 17.5 Å². The van der Waals surface area contributed by atoms with Crippen LogP contribution in [0.1, 0.15) is 42.1 Å². The highest BCUT2D eigenvalue weighted by Gasteiger charge is 2.34. The third-order valence-corrected chi connectivity index (χ3v) is 4.35. The van der Waals surface area contributed by atoms with Crippen LogP contribution in [0.2, 0.25) is 0 Å². The van der Waals surface area contributed by atoms with E-state index in [2.05, 4.69) is 0 Å². The Morgan fingerprint density at radius 1 is 1.45 bits per heavy atom. The molecule has 1 aromatic rings. The Kier molecular flexibility index (Phi) is 4.76. The van der Waals surface area contributed by atoms with Crippen molar-refractivity contribution in [2.75, 3.05) is 13.1 Å². The van der Waals surface area contributed by atoms with E-state index < -0.39 is 5.82 Å². The van der Waals surface area contributed by atoms with Crippen molar-refractivity contribution in [2.24, 2.45) is 11.7 Å². The molecule has 2 atom stereocenters.